The number of aliphatic hydroxyl groups is 1. The van der Waals surface area contributed by atoms with Gasteiger partial charge in [-0.3, -0.25) is 0 Å². The van der Waals surface area contributed by atoms with Gasteiger partial charge in [0.05, 0.1) is 12.1 Å². The van der Waals surface area contributed by atoms with Crippen molar-refractivity contribution >= 4 is 26.8 Å². The van der Waals surface area contributed by atoms with Gasteiger partial charge in [-0.05, 0) is 33.6 Å². The van der Waals surface area contributed by atoms with Gasteiger partial charge in [-0.25, -0.2) is 4.98 Å². The Morgan fingerprint density at radius 3 is 2.85 bits per heavy atom. The summed E-state index contributed by atoms with van der Waals surface area (Å²) >= 11 is 3.30. The first-order valence-corrected chi connectivity index (χ1v) is 4.75. The molecule has 0 aliphatic carbocycles. The van der Waals surface area contributed by atoms with Crippen molar-refractivity contribution in [1.29, 1.82) is 0 Å². The van der Waals surface area contributed by atoms with Crippen LogP contribution in [-0.4, -0.2) is 10.1 Å². The quantitative estimate of drug-likeness (QED) is 0.774. The number of hydrogen-bond donors (Lipinski definition) is 1. The first-order chi connectivity index (χ1) is 6.31. The predicted octanol–water partition coefficient (Wildman–Crippen LogP) is 2.49. The van der Waals surface area contributed by atoms with Gasteiger partial charge in [0.2, 0.25) is 0 Å². The molecule has 0 saturated heterocycles. The molecule has 2 nitrogen and oxygen atoms in total. The molecule has 0 fully saturated rings. The highest BCUT2D eigenvalue weighted by Gasteiger charge is 2.01. The largest absolute Gasteiger partial charge is 0.392 e. The summed E-state index contributed by atoms with van der Waals surface area (Å²) in [4.78, 5) is 4.29. The van der Waals surface area contributed by atoms with Crippen LogP contribution in [0, 0.1) is 0 Å². The van der Waals surface area contributed by atoms with Crippen LogP contribution < -0.4 is 0 Å². The molecule has 0 aliphatic heterocycles. The van der Waals surface area contributed by atoms with E-state index in [0.29, 0.717) is 0 Å². The molecular weight excluding hydrogens is 230 g/mol. The van der Waals surface area contributed by atoms with Gasteiger partial charge in [0.1, 0.15) is 4.60 Å². The third-order valence-corrected chi connectivity index (χ3v) is 2.35. The van der Waals surface area contributed by atoms with Crippen LogP contribution in [0.2, 0.25) is 0 Å². The van der Waals surface area contributed by atoms with Gasteiger partial charge >= 0.3 is 0 Å². The van der Waals surface area contributed by atoms with E-state index in [-0.39, 0.29) is 6.61 Å². The van der Waals surface area contributed by atoms with Crippen LogP contribution in [0.5, 0.6) is 0 Å². The van der Waals surface area contributed by atoms with E-state index in [1.807, 2.05) is 30.3 Å². The van der Waals surface area contributed by atoms with Gasteiger partial charge in [-0.1, -0.05) is 18.2 Å². The molecule has 1 N–H and O–H groups in total. The van der Waals surface area contributed by atoms with E-state index in [4.69, 9.17) is 5.11 Å². The van der Waals surface area contributed by atoms with Crippen LogP contribution in [0.25, 0.3) is 10.9 Å². The van der Waals surface area contributed by atoms with E-state index in [9.17, 15) is 0 Å². The van der Waals surface area contributed by atoms with E-state index in [2.05, 4.69) is 20.9 Å². The van der Waals surface area contributed by atoms with Crippen molar-refractivity contribution in [1.82, 2.24) is 4.98 Å². The Labute approximate surface area is 84.4 Å². The van der Waals surface area contributed by atoms with Crippen molar-refractivity contribution in [2.24, 2.45) is 0 Å². The summed E-state index contributed by atoms with van der Waals surface area (Å²) in [5, 5.41) is 10.1. The Balaban J connectivity index is 2.81. The number of para-hydroxylation sites is 1. The van der Waals surface area contributed by atoms with Crippen LogP contribution in [0.4, 0.5) is 0 Å². The number of benzene rings is 1. The Morgan fingerprint density at radius 1 is 1.31 bits per heavy atom. The van der Waals surface area contributed by atoms with E-state index in [0.717, 1.165) is 21.1 Å². The van der Waals surface area contributed by atoms with Crippen LogP contribution in [-0.2, 0) is 6.61 Å². The summed E-state index contributed by atoms with van der Waals surface area (Å²) in [5.74, 6) is 0. The molecule has 0 aliphatic rings. The predicted molar refractivity (Wildman–Crippen MR) is 55.4 cm³/mol. The van der Waals surface area contributed by atoms with E-state index in [1.54, 1.807) is 0 Å². The molecule has 2 rings (SSSR count). The number of fused-ring (bicyclic) bond motifs is 1. The minimum Gasteiger partial charge on any atom is -0.392 e. The number of rotatable bonds is 1. The average Bonchev–Trinajstić information content (AvgIpc) is 2.16. The molecule has 1 heterocycles. The van der Waals surface area contributed by atoms with Gasteiger partial charge in [0.25, 0.3) is 0 Å². The molecule has 0 spiro atoms. The molecule has 2 aromatic rings. The molecule has 3 heteroatoms. The van der Waals surface area contributed by atoms with Crippen LogP contribution in [0.3, 0.4) is 0 Å². The Morgan fingerprint density at radius 2 is 2.08 bits per heavy atom. The third kappa shape index (κ3) is 1.57. The second-order valence-electron chi connectivity index (χ2n) is 2.78. The zero-order valence-electron chi connectivity index (χ0n) is 6.87. The molecule has 0 atom stereocenters. The van der Waals surface area contributed by atoms with Gasteiger partial charge in [-0.2, -0.15) is 0 Å². The zero-order valence-corrected chi connectivity index (χ0v) is 8.45. The number of nitrogens with zero attached hydrogens (tertiary/aromatic N) is 1. The zero-order chi connectivity index (χ0) is 9.26. The molecule has 0 saturated carbocycles. The minimum absolute atomic E-state index is 0.0433. The van der Waals surface area contributed by atoms with Gasteiger partial charge < -0.3 is 5.11 Å². The van der Waals surface area contributed by atoms with Crippen LogP contribution in [0.15, 0.2) is 34.9 Å². The lowest BCUT2D eigenvalue weighted by atomic mass is 10.1. The second kappa shape index (κ2) is 3.44. The van der Waals surface area contributed by atoms with E-state index >= 15 is 0 Å². The second-order valence-corrected chi connectivity index (χ2v) is 3.59. The standard InChI is InChI=1S/C10H8BrNO/c11-10-5-7(6-13)8-3-1-2-4-9(8)12-10/h1-5,13H,6H2. The fourth-order valence-electron chi connectivity index (χ4n) is 1.34. The SMILES string of the molecule is OCc1cc(Br)nc2ccccc12. The Hall–Kier alpha value is -0.930. The number of aliphatic hydroxyl groups excluding tert-OH is 1. The monoisotopic (exact) mass is 237 g/mol. The number of hydrogen-bond acceptors (Lipinski definition) is 2. The summed E-state index contributed by atoms with van der Waals surface area (Å²) in [7, 11) is 0. The topological polar surface area (TPSA) is 33.1 Å². The average molecular weight is 238 g/mol. The normalized spacial score (nSPS) is 10.6. The minimum atomic E-state index is 0.0433. The molecule has 13 heavy (non-hydrogen) atoms. The molecule has 0 bridgehead atoms. The van der Waals surface area contributed by atoms with Crippen molar-refractivity contribution in [2.75, 3.05) is 0 Å². The maximum absolute atomic E-state index is 9.11. The Kier molecular flexibility index (Phi) is 2.29. The first-order valence-electron chi connectivity index (χ1n) is 3.96. The van der Waals surface area contributed by atoms with Crippen molar-refractivity contribution in [2.45, 2.75) is 6.61 Å². The molecule has 0 unspecified atom stereocenters. The summed E-state index contributed by atoms with van der Waals surface area (Å²) in [6.07, 6.45) is 0. The molecule has 1 aromatic carbocycles. The van der Waals surface area contributed by atoms with Gasteiger partial charge in [0, 0.05) is 5.39 Å². The van der Waals surface area contributed by atoms with Crippen molar-refractivity contribution < 1.29 is 5.11 Å². The third-order valence-electron chi connectivity index (χ3n) is 1.94. The number of aromatic nitrogens is 1. The maximum atomic E-state index is 9.11. The van der Waals surface area contributed by atoms with Crippen molar-refractivity contribution in [3.8, 4) is 0 Å². The fraction of sp³-hybridized carbons (Fsp3) is 0.100. The lowest BCUT2D eigenvalue weighted by Gasteiger charge is -2.03. The molecular formula is C10H8BrNO. The summed E-state index contributed by atoms with van der Waals surface area (Å²) in [6, 6.07) is 9.60. The van der Waals surface area contributed by atoms with Crippen molar-refractivity contribution in [3.05, 3.63) is 40.5 Å². The summed E-state index contributed by atoms with van der Waals surface area (Å²) < 4.78 is 0.759. The van der Waals surface area contributed by atoms with Crippen molar-refractivity contribution in [3.63, 3.8) is 0 Å². The fourth-order valence-corrected chi connectivity index (χ4v) is 1.81. The van der Waals surface area contributed by atoms with Gasteiger partial charge in [-0.15, -0.1) is 0 Å². The van der Waals surface area contributed by atoms with E-state index < -0.39 is 0 Å². The summed E-state index contributed by atoms with van der Waals surface area (Å²) in [6.45, 7) is 0.0433. The number of halogens is 1. The Bertz CT molecular complexity index is 442. The molecule has 0 amide bonds. The van der Waals surface area contributed by atoms with Crippen LogP contribution in [0.1, 0.15) is 5.56 Å². The molecule has 66 valence electrons. The first kappa shape index (κ1) is 8.66. The highest BCUT2D eigenvalue weighted by atomic mass is 79.9. The summed E-state index contributed by atoms with van der Waals surface area (Å²) in [5.41, 5.74) is 1.80. The highest BCUT2D eigenvalue weighted by molar-refractivity contribution is 9.10. The lowest BCUT2D eigenvalue weighted by molar-refractivity contribution is 0.283. The highest BCUT2D eigenvalue weighted by Crippen LogP contribution is 2.20. The lowest BCUT2D eigenvalue weighted by Crippen LogP contribution is -1.89. The maximum Gasteiger partial charge on any atom is 0.107 e. The molecule has 0 radical (unpaired) electrons. The van der Waals surface area contributed by atoms with Crippen LogP contribution >= 0.6 is 15.9 Å². The molecule has 1 aromatic heterocycles. The van der Waals surface area contributed by atoms with E-state index in [1.165, 1.54) is 0 Å². The number of pyridine rings is 1. The smallest absolute Gasteiger partial charge is 0.107 e. The van der Waals surface area contributed by atoms with Gasteiger partial charge in [0.15, 0.2) is 0 Å².